The Morgan fingerprint density at radius 1 is 1.14 bits per heavy atom. The number of likely N-dealkylation sites (tertiary alicyclic amines) is 1. The molecule has 9 heteroatoms. The first-order chi connectivity index (χ1) is 16.9. The van der Waals surface area contributed by atoms with E-state index in [1.807, 2.05) is 48.3 Å². The number of hydrogen-bond acceptors (Lipinski definition) is 6. The van der Waals surface area contributed by atoms with Gasteiger partial charge in [-0.1, -0.05) is 0 Å². The van der Waals surface area contributed by atoms with Crippen molar-refractivity contribution in [3.8, 4) is 0 Å². The van der Waals surface area contributed by atoms with Crippen LogP contribution < -0.4 is 15.5 Å². The van der Waals surface area contributed by atoms with Crippen molar-refractivity contribution in [2.24, 2.45) is 11.8 Å². The summed E-state index contributed by atoms with van der Waals surface area (Å²) in [4.78, 5) is 33.6. The van der Waals surface area contributed by atoms with E-state index in [9.17, 15) is 14.7 Å². The minimum atomic E-state index is -0.178. The molecule has 2 amide bonds. The van der Waals surface area contributed by atoms with Gasteiger partial charge in [0.25, 0.3) is 0 Å². The number of aliphatic hydroxyl groups is 1. The number of nitrogens with one attached hydrogen (secondary N) is 2. The van der Waals surface area contributed by atoms with Gasteiger partial charge in [-0.2, -0.15) is 0 Å². The maximum absolute atomic E-state index is 12.8. The van der Waals surface area contributed by atoms with Crippen molar-refractivity contribution in [2.45, 2.75) is 25.4 Å². The summed E-state index contributed by atoms with van der Waals surface area (Å²) >= 11 is 0. The summed E-state index contributed by atoms with van der Waals surface area (Å²) in [6, 6.07) is 11.4. The van der Waals surface area contributed by atoms with Crippen LogP contribution >= 0.6 is 0 Å². The van der Waals surface area contributed by atoms with Crippen LogP contribution in [0.15, 0.2) is 48.8 Å². The summed E-state index contributed by atoms with van der Waals surface area (Å²) in [6.07, 6.45) is 5.83. The Bertz CT molecular complexity index is 1230. The van der Waals surface area contributed by atoms with Gasteiger partial charge in [-0.05, 0) is 55.5 Å². The predicted molar refractivity (Wildman–Crippen MR) is 136 cm³/mol. The predicted octanol–water partition coefficient (Wildman–Crippen LogP) is 3.02. The molecule has 1 aromatic carbocycles. The number of fused-ring (bicyclic) bond motifs is 1. The lowest BCUT2D eigenvalue weighted by Crippen LogP contribution is -2.37. The second-order valence-electron chi connectivity index (χ2n) is 9.57. The second kappa shape index (κ2) is 9.67. The number of amides is 2. The van der Waals surface area contributed by atoms with Gasteiger partial charge in [0, 0.05) is 74.9 Å². The van der Waals surface area contributed by atoms with E-state index in [-0.39, 0.29) is 24.0 Å². The lowest BCUT2D eigenvalue weighted by molar-refractivity contribution is -0.117. The van der Waals surface area contributed by atoms with E-state index in [1.54, 1.807) is 24.0 Å². The molecule has 3 aromatic rings. The van der Waals surface area contributed by atoms with Crippen molar-refractivity contribution < 1.29 is 14.7 Å². The summed E-state index contributed by atoms with van der Waals surface area (Å²) in [6.45, 7) is 2.74. The fraction of sp³-hybridized carbons (Fsp3) is 0.423. The molecule has 2 fully saturated rings. The first-order valence-electron chi connectivity index (χ1n) is 12.2. The molecular weight excluding hydrogens is 444 g/mol. The largest absolute Gasteiger partial charge is 0.393 e. The van der Waals surface area contributed by atoms with Crippen LogP contribution in [0.5, 0.6) is 0 Å². The number of carbonyl (C=O) groups excluding carboxylic acids is 2. The number of piperidine rings is 1. The van der Waals surface area contributed by atoms with Crippen LogP contribution in [0.1, 0.15) is 19.3 Å². The fourth-order valence-electron chi connectivity index (χ4n) is 4.90. The van der Waals surface area contributed by atoms with Gasteiger partial charge < -0.3 is 25.5 Å². The molecule has 5 rings (SSSR count). The van der Waals surface area contributed by atoms with Crippen LogP contribution in [-0.4, -0.2) is 71.3 Å². The highest BCUT2D eigenvalue weighted by Crippen LogP contribution is 2.40. The molecular formula is C26H32N6O3. The van der Waals surface area contributed by atoms with Gasteiger partial charge in [-0.15, -0.1) is 0 Å². The third-order valence-corrected chi connectivity index (χ3v) is 7.19. The normalized spacial score (nSPS) is 20.5. The van der Waals surface area contributed by atoms with Gasteiger partial charge in [0.2, 0.25) is 5.91 Å². The zero-order valence-electron chi connectivity index (χ0n) is 20.1. The molecule has 1 aliphatic carbocycles. The molecule has 35 heavy (non-hydrogen) atoms. The summed E-state index contributed by atoms with van der Waals surface area (Å²) in [5, 5.41) is 16.3. The third kappa shape index (κ3) is 5.01. The molecule has 1 aliphatic heterocycles. The van der Waals surface area contributed by atoms with E-state index < -0.39 is 0 Å². The average molecular weight is 477 g/mol. The van der Waals surface area contributed by atoms with Crippen LogP contribution in [0.2, 0.25) is 0 Å². The number of benzene rings is 1. The fourth-order valence-corrected chi connectivity index (χ4v) is 4.90. The maximum atomic E-state index is 12.8. The van der Waals surface area contributed by atoms with Gasteiger partial charge in [0.15, 0.2) is 0 Å². The highest BCUT2D eigenvalue weighted by Gasteiger charge is 2.44. The molecule has 1 saturated carbocycles. The SMILES string of the molecule is CNC(=O)n1ccc2cc(N(C)c3ccnc(NC(=O)C4CC4CN4CCC(O)CC4)c3)ccc21. The maximum Gasteiger partial charge on any atom is 0.325 e. The Labute approximate surface area is 204 Å². The molecule has 9 nitrogen and oxygen atoms in total. The number of aliphatic hydroxyl groups excluding tert-OH is 1. The van der Waals surface area contributed by atoms with Gasteiger partial charge >= 0.3 is 6.03 Å². The zero-order chi connectivity index (χ0) is 24.5. The second-order valence-corrected chi connectivity index (χ2v) is 9.57. The van der Waals surface area contributed by atoms with Gasteiger partial charge in [-0.25, -0.2) is 9.78 Å². The van der Waals surface area contributed by atoms with Crippen molar-refractivity contribution in [1.29, 1.82) is 0 Å². The Balaban J connectivity index is 1.22. The van der Waals surface area contributed by atoms with Crippen LogP contribution in [0.3, 0.4) is 0 Å². The van der Waals surface area contributed by atoms with Gasteiger partial charge in [0.1, 0.15) is 5.82 Å². The van der Waals surface area contributed by atoms with Crippen LogP contribution in [0.25, 0.3) is 10.9 Å². The number of aromatic nitrogens is 2. The van der Waals surface area contributed by atoms with Crippen molar-refractivity contribution in [1.82, 2.24) is 19.8 Å². The molecule has 0 radical (unpaired) electrons. The Morgan fingerprint density at radius 3 is 2.69 bits per heavy atom. The summed E-state index contributed by atoms with van der Waals surface area (Å²) in [5.41, 5.74) is 2.70. The number of nitrogens with zero attached hydrogens (tertiary/aromatic N) is 4. The van der Waals surface area contributed by atoms with E-state index in [0.717, 1.165) is 61.2 Å². The number of pyridine rings is 1. The topological polar surface area (TPSA) is 103 Å². The van der Waals surface area contributed by atoms with Crippen molar-refractivity contribution >= 4 is 40.0 Å². The number of carbonyl (C=O) groups is 2. The van der Waals surface area contributed by atoms with E-state index in [4.69, 9.17) is 0 Å². The molecule has 2 atom stereocenters. The van der Waals surface area contributed by atoms with Crippen molar-refractivity contribution in [3.63, 3.8) is 0 Å². The molecule has 3 N–H and O–H groups in total. The van der Waals surface area contributed by atoms with Crippen molar-refractivity contribution in [3.05, 3.63) is 48.8 Å². The standard InChI is InChI=1S/C26H32N6O3/c1-27-26(35)32-12-6-17-13-19(3-4-23(17)32)30(2)20-5-9-28-24(15-20)29-25(34)22-14-18(22)16-31-10-7-21(33)8-11-31/h3-6,9,12-13,15,18,21-22,33H,7-8,10-11,14,16H2,1-2H3,(H,27,35)(H,28,29,34). The van der Waals surface area contributed by atoms with E-state index in [2.05, 4.69) is 20.5 Å². The number of rotatable bonds is 6. The van der Waals surface area contributed by atoms with Crippen LogP contribution in [0, 0.1) is 11.8 Å². The third-order valence-electron chi connectivity index (χ3n) is 7.19. The monoisotopic (exact) mass is 476 g/mol. The van der Waals surface area contributed by atoms with Gasteiger partial charge in [0.05, 0.1) is 11.6 Å². The minimum absolute atomic E-state index is 0.0244. The van der Waals surface area contributed by atoms with Gasteiger partial charge in [-0.3, -0.25) is 9.36 Å². The Kier molecular flexibility index (Phi) is 6.44. The first kappa shape index (κ1) is 23.3. The molecule has 0 bridgehead atoms. The Hall–Kier alpha value is -3.43. The molecule has 2 unspecified atom stereocenters. The molecule has 0 spiro atoms. The Morgan fingerprint density at radius 2 is 1.91 bits per heavy atom. The van der Waals surface area contributed by atoms with E-state index in [1.165, 1.54) is 0 Å². The highest BCUT2D eigenvalue weighted by atomic mass is 16.3. The molecule has 2 aromatic heterocycles. The summed E-state index contributed by atoms with van der Waals surface area (Å²) in [7, 11) is 3.57. The highest BCUT2D eigenvalue weighted by molar-refractivity contribution is 5.95. The van der Waals surface area contributed by atoms with Crippen LogP contribution in [-0.2, 0) is 4.79 Å². The number of anilines is 3. The van der Waals surface area contributed by atoms with Crippen LogP contribution in [0.4, 0.5) is 22.0 Å². The van der Waals surface area contributed by atoms with E-state index in [0.29, 0.717) is 11.7 Å². The molecule has 1 saturated heterocycles. The van der Waals surface area contributed by atoms with E-state index >= 15 is 0 Å². The lowest BCUT2D eigenvalue weighted by Gasteiger charge is -2.29. The molecule has 184 valence electrons. The smallest absolute Gasteiger partial charge is 0.325 e. The molecule has 2 aliphatic rings. The summed E-state index contributed by atoms with van der Waals surface area (Å²) in [5.74, 6) is 0.968. The lowest BCUT2D eigenvalue weighted by atomic mass is 10.1. The molecule has 3 heterocycles. The average Bonchev–Trinajstić information content (AvgIpc) is 3.52. The summed E-state index contributed by atoms with van der Waals surface area (Å²) < 4.78 is 1.58. The first-order valence-corrected chi connectivity index (χ1v) is 12.2. The minimum Gasteiger partial charge on any atom is -0.393 e. The number of hydrogen-bond donors (Lipinski definition) is 3. The quantitative estimate of drug-likeness (QED) is 0.506. The zero-order valence-corrected chi connectivity index (χ0v) is 20.1. The van der Waals surface area contributed by atoms with Crippen molar-refractivity contribution in [2.75, 3.05) is 43.9 Å².